The van der Waals surface area contributed by atoms with Gasteiger partial charge in [-0.15, -0.1) is 0 Å². The molecule has 158 valence electrons. The third-order valence-electron chi connectivity index (χ3n) is 4.94. The Balaban J connectivity index is 1.84. The molecular formula is C21H18ClN5O4. The van der Waals surface area contributed by atoms with Crippen molar-refractivity contribution in [1.29, 1.82) is 0 Å². The van der Waals surface area contributed by atoms with E-state index in [-0.39, 0.29) is 17.8 Å². The first kappa shape index (κ1) is 20.5. The summed E-state index contributed by atoms with van der Waals surface area (Å²) in [6, 6.07) is 8.38. The number of aliphatic carboxylic acids is 1. The van der Waals surface area contributed by atoms with Crippen molar-refractivity contribution < 1.29 is 14.7 Å². The Morgan fingerprint density at radius 3 is 2.61 bits per heavy atom. The second-order valence-corrected chi connectivity index (χ2v) is 7.35. The predicted molar refractivity (Wildman–Crippen MR) is 115 cm³/mol. The number of benzene rings is 1. The molecule has 4 aromatic rings. The van der Waals surface area contributed by atoms with E-state index in [4.69, 9.17) is 11.6 Å². The number of carbonyl (C=O) groups is 2. The van der Waals surface area contributed by atoms with Gasteiger partial charge < -0.3 is 15.0 Å². The Morgan fingerprint density at radius 1 is 1.19 bits per heavy atom. The van der Waals surface area contributed by atoms with Crippen LogP contribution < -0.4 is 10.9 Å². The van der Waals surface area contributed by atoms with Gasteiger partial charge in [-0.25, -0.2) is 9.97 Å². The number of carbonyl (C=O) groups excluding carboxylic acids is 1. The summed E-state index contributed by atoms with van der Waals surface area (Å²) in [4.78, 5) is 45.8. The van der Waals surface area contributed by atoms with E-state index >= 15 is 0 Å². The van der Waals surface area contributed by atoms with E-state index in [2.05, 4.69) is 15.3 Å². The molecule has 0 spiro atoms. The van der Waals surface area contributed by atoms with Crippen molar-refractivity contribution in [3.63, 3.8) is 0 Å². The molecule has 0 fully saturated rings. The minimum atomic E-state index is -1.21. The van der Waals surface area contributed by atoms with Crippen molar-refractivity contribution in [3.8, 4) is 0 Å². The number of fused-ring (bicyclic) bond motifs is 3. The Labute approximate surface area is 180 Å². The molecule has 0 saturated carbocycles. The molecule has 0 radical (unpaired) electrons. The van der Waals surface area contributed by atoms with Gasteiger partial charge in [0.15, 0.2) is 0 Å². The van der Waals surface area contributed by atoms with Crippen LogP contribution in [0.2, 0.25) is 5.02 Å². The van der Waals surface area contributed by atoms with E-state index in [0.717, 1.165) is 10.1 Å². The molecule has 31 heavy (non-hydrogen) atoms. The number of carboxylic acids is 1. The van der Waals surface area contributed by atoms with Crippen LogP contribution in [0.1, 0.15) is 22.8 Å². The molecular weight excluding hydrogens is 422 g/mol. The van der Waals surface area contributed by atoms with Crippen LogP contribution >= 0.6 is 11.6 Å². The van der Waals surface area contributed by atoms with Crippen molar-refractivity contribution in [2.24, 2.45) is 0 Å². The fourth-order valence-corrected chi connectivity index (χ4v) is 3.57. The van der Waals surface area contributed by atoms with Crippen LogP contribution in [0.4, 0.5) is 0 Å². The van der Waals surface area contributed by atoms with Gasteiger partial charge >= 0.3 is 5.97 Å². The fourth-order valence-electron chi connectivity index (χ4n) is 3.44. The first-order valence-electron chi connectivity index (χ1n) is 9.51. The zero-order valence-corrected chi connectivity index (χ0v) is 17.3. The minimum Gasteiger partial charge on any atom is -0.480 e. The molecule has 4 rings (SSSR count). The van der Waals surface area contributed by atoms with E-state index in [9.17, 15) is 19.5 Å². The molecule has 2 N–H and O–H groups in total. The van der Waals surface area contributed by atoms with Crippen molar-refractivity contribution in [1.82, 2.24) is 24.4 Å². The quantitative estimate of drug-likeness (QED) is 0.476. The number of hydrogen-bond donors (Lipinski definition) is 2. The minimum absolute atomic E-state index is 0.166. The van der Waals surface area contributed by atoms with Crippen LogP contribution in [0, 0.1) is 0 Å². The Morgan fingerprint density at radius 2 is 1.94 bits per heavy atom. The van der Waals surface area contributed by atoms with Crippen LogP contribution in [0.15, 0.2) is 47.7 Å². The molecule has 0 aliphatic rings. The van der Waals surface area contributed by atoms with Crippen LogP contribution in [0.25, 0.3) is 22.1 Å². The third-order valence-corrected chi connectivity index (χ3v) is 5.19. The number of pyridine rings is 2. The summed E-state index contributed by atoms with van der Waals surface area (Å²) in [7, 11) is 0. The van der Waals surface area contributed by atoms with Crippen molar-refractivity contribution in [3.05, 3.63) is 69.4 Å². The van der Waals surface area contributed by atoms with Gasteiger partial charge in [-0.3, -0.25) is 19.0 Å². The number of rotatable bonds is 6. The highest BCUT2D eigenvalue weighted by Gasteiger charge is 2.20. The van der Waals surface area contributed by atoms with E-state index in [1.807, 2.05) is 11.5 Å². The fraction of sp³-hybridized carbons (Fsp3) is 0.190. The van der Waals surface area contributed by atoms with Gasteiger partial charge in [-0.05, 0) is 30.7 Å². The van der Waals surface area contributed by atoms with E-state index in [1.54, 1.807) is 30.6 Å². The molecule has 3 aromatic heterocycles. The number of aryl methyl sites for hydroxylation is 1. The molecule has 9 nitrogen and oxygen atoms in total. The summed E-state index contributed by atoms with van der Waals surface area (Å²) in [5.41, 5.74) is 1.36. The summed E-state index contributed by atoms with van der Waals surface area (Å²) in [6.07, 6.45) is 3.13. The maximum atomic E-state index is 13.0. The lowest BCUT2D eigenvalue weighted by molar-refractivity contribution is -0.137. The smallest absolute Gasteiger partial charge is 0.323 e. The SMILES string of the molecule is CCn1cnc2cnc3c(cc(C(=O)NCc4ccc(Cl)cc4)c(=O)n3CC(=O)O)c21. The first-order valence-corrected chi connectivity index (χ1v) is 9.88. The molecule has 0 saturated heterocycles. The first-order chi connectivity index (χ1) is 14.9. The maximum Gasteiger partial charge on any atom is 0.323 e. The van der Waals surface area contributed by atoms with Crippen molar-refractivity contribution in [2.75, 3.05) is 0 Å². The molecule has 0 unspecified atom stereocenters. The number of hydrogen-bond acceptors (Lipinski definition) is 5. The van der Waals surface area contributed by atoms with Crippen LogP contribution in [0.3, 0.4) is 0 Å². The zero-order valence-electron chi connectivity index (χ0n) is 16.5. The summed E-state index contributed by atoms with van der Waals surface area (Å²) < 4.78 is 2.85. The molecule has 0 aliphatic carbocycles. The molecule has 0 aliphatic heterocycles. The highest BCUT2D eigenvalue weighted by atomic mass is 35.5. The molecule has 0 atom stereocenters. The van der Waals surface area contributed by atoms with Crippen LogP contribution in [0.5, 0.6) is 0 Å². The Hall–Kier alpha value is -3.72. The van der Waals surface area contributed by atoms with E-state index in [1.165, 1.54) is 12.3 Å². The molecule has 0 bridgehead atoms. The van der Waals surface area contributed by atoms with Gasteiger partial charge in [0, 0.05) is 23.5 Å². The van der Waals surface area contributed by atoms with Crippen molar-refractivity contribution in [2.45, 2.75) is 26.6 Å². The summed E-state index contributed by atoms with van der Waals surface area (Å²) in [5.74, 6) is -1.83. The molecule has 3 heterocycles. The van der Waals surface area contributed by atoms with Gasteiger partial charge in [-0.2, -0.15) is 0 Å². The van der Waals surface area contributed by atoms with Gasteiger partial charge in [0.1, 0.15) is 23.3 Å². The van der Waals surface area contributed by atoms with Crippen molar-refractivity contribution >= 4 is 45.5 Å². The largest absolute Gasteiger partial charge is 0.480 e. The van der Waals surface area contributed by atoms with E-state index < -0.39 is 24.0 Å². The number of aromatic nitrogens is 4. The zero-order chi connectivity index (χ0) is 22.1. The van der Waals surface area contributed by atoms with Crippen LogP contribution in [-0.2, 0) is 24.4 Å². The average Bonchev–Trinajstić information content (AvgIpc) is 3.18. The summed E-state index contributed by atoms with van der Waals surface area (Å²) in [5, 5.41) is 13.1. The molecule has 10 heteroatoms. The third kappa shape index (κ3) is 3.87. The normalized spacial score (nSPS) is 11.2. The molecule has 1 amide bonds. The standard InChI is InChI=1S/C21H18ClN5O4/c1-2-26-11-25-16-9-23-19-14(18(16)26)7-15(21(31)27(19)10-17(28)29)20(30)24-8-12-3-5-13(22)6-4-12/h3-7,9,11H,2,8,10H2,1H3,(H,24,30)(H,28,29). The summed E-state index contributed by atoms with van der Waals surface area (Å²) in [6.45, 7) is 2.10. The number of nitrogens with zero attached hydrogens (tertiary/aromatic N) is 4. The number of halogens is 1. The highest BCUT2D eigenvalue weighted by Crippen LogP contribution is 2.23. The monoisotopic (exact) mass is 439 g/mol. The average molecular weight is 440 g/mol. The van der Waals surface area contributed by atoms with E-state index in [0.29, 0.717) is 28.0 Å². The maximum absolute atomic E-state index is 13.0. The lowest BCUT2D eigenvalue weighted by Crippen LogP contribution is -2.34. The summed E-state index contributed by atoms with van der Waals surface area (Å²) >= 11 is 5.88. The second-order valence-electron chi connectivity index (χ2n) is 6.91. The lowest BCUT2D eigenvalue weighted by atomic mass is 10.1. The lowest BCUT2D eigenvalue weighted by Gasteiger charge is -2.12. The van der Waals surface area contributed by atoms with Gasteiger partial charge in [0.2, 0.25) is 0 Å². The number of carboxylic acid groups (broad SMARTS) is 1. The predicted octanol–water partition coefficient (Wildman–Crippen LogP) is 2.43. The Kier molecular flexibility index (Phi) is 5.43. The Bertz CT molecular complexity index is 1370. The second kappa shape index (κ2) is 8.19. The van der Waals surface area contributed by atoms with Gasteiger partial charge in [0.25, 0.3) is 11.5 Å². The van der Waals surface area contributed by atoms with Gasteiger partial charge in [-0.1, -0.05) is 23.7 Å². The number of nitrogens with one attached hydrogen (secondary N) is 1. The number of amides is 1. The topological polar surface area (TPSA) is 119 Å². The number of imidazole rings is 1. The van der Waals surface area contributed by atoms with Crippen LogP contribution in [-0.4, -0.2) is 36.1 Å². The highest BCUT2D eigenvalue weighted by molar-refractivity contribution is 6.30. The van der Waals surface area contributed by atoms with Gasteiger partial charge in [0.05, 0.1) is 18.0 Å². The molecule has 1 aromatic carbocycles.